The van der Waals surface area contributed by atoms with Gasteiger partial charge in [-0.2, -0.15) is 0 Å². The van der Waals surface area contributed by atoms with E-state index in [9.17, 15) is 9.90 Å². The lowest BCUT2D eigenvalue weighted by Gasteiger charge is -2.19. The molecule has 2 atom stereocenters. The van der Waals surface area contributed by atoms with Crippen LogP contribution in [0, 0.1) is 6.92 Å². The van der Waals surface area contributed by atoms with Gasteiger partial charge in [0.25, 0.3) is 0 Å². The van der Waals surface area contributed by atoms with Crippen LogP contribution in [0.4, 0.5) is 4.79 Å². The zero-order valence-electron chi connectivity index (χ0n) is 12.5. The van der Waals surface area contributed by atoms with Crippen molar-refractivity contribution in [2.24, 2.45) is 0 Å². The van der Waals surface area contributed by atoms with Crippen molar-refractivity contribution in [3.63, 3.8) is 0 Å². The summed E-state index contributed by atoms with van der Waals surface area (Å²) < 4.78 is 5.54. The monoisotopic (exact) mass is 352 g/mol. The predicted molar refractivity (Wildman–Crippen MR) is 90.2 cm³/mol. The van der Waals surface area contributed by atoms with E-state index < -0.39 is 6.04 Å². The zero-order chi connectivity index (χ0) is 16.4. The van der Waals surface area contributed by atoms with Crippen molar-refractivity contribution in [2.45, 2.75) is 19.0 Å². The van der Waals surface area contributed by atoms with Crippen LogP contribution in [-0.2, 0) is 0 Å². The van der Waals surface area contributed by atoms with Gasteiger partial charge in [-0.1, -0.05) is 23.7 Å². The molecular formula is C16H17ClN2O3S. The van der Waals surface area contributed by atoms with Gasteiger partial charge in [-0.3, -0.25) is 0 Å². The largest absolute Gasteiger partial charge is 0.489 e. The molecular weight excluding hydrogens is 336 g/mol. The Hall–Kier alpha value is -1.76. The summed E-state index contributed by atoms with van der Waals surface area (Å²) in [5.41, 5.74) is 1.91. The lowest BCUT2D eigenvalue weighted by atomic mass is 10.1. The van der Waals surface area contributed by atoms with Gasteiger partial charge < -0.3 is 20.5 Å². The number of carbonyl (C=O) groups excluding carboxylic acids is 1. The molecule has 1 aromatic heterocycles. The van der Waals surface area contributed by atoms with Crippen LogP contribution < -0.4 is 15.4 Å². The van der Waals surface area contributed by atoms with Crippen LogP contribution in [-0.4, -0.2) is 24.4 Å². The van der Waals surface area contributed by atoms with Gasteiger partial charge in [0.1, 0.15) is 12.4 Å². The maximum absolute atomic E-state index is 12.3. The number of carbonyl (C=O) groups is 1. The Morgan fingerprint density at radius 2 is 2.35 bits per heavy atom. The lowest BCUT2D eigenvalue weighted by molar-refractivity contribution is 0.212. The number of fused-ring (bicyclic) bond motifs is 1. The summed E-state index contributed by atoms with van der Waals surface area (Å²) in [4.78, 5) is 13.2. The molecule has 0 saturated heterocycles. The fourth-order valence-electron chi connectivity index (χ4n) is 2.62. The maximum atomic E-state index is 12.3. The van der Waals surface area contributed by atoms with Gasteiger partial charge in [-0.15, -0.1) is 11.3 Å². The molecule has 2 aromatic rings. The summed E-state index contributed by atoms with van der Waals surface area (Å²) in [6, 6.07) is 6.40. The molecule has 122 valence electrons. The molecule has 23 heavy (non-hydrogen) atoms. The van der Waals surface area contributed by atoms with Crippen molar-refractivity contribution in [1.82, 2.24) is 10.6 Å². The SMILES string of the molecule is Cc1ccsc1C(CO)NC(=O)NC1COc2c(Cl)cccc21. The number of benzene rings is 1. The fraction of sp³-hybridized carbons (Fsp3) is 0.312. The van der Waals surface area contributed by atoms with Crippen LogP contribution in [0.2, 0.25) is 5.02 Å². The van der Waals surface area contributed by atoms with Gasteiger partial charge in [0.15, 0.2) is 0 Å². The van der Waals surface area contributed by atoms with E-state index in [4.69, 9.17) is 16.3 Å². The third-order valence-electron chi connectivity index (χ3n) is 3.78. The average molecular weight is 353 g/mol. The second kappa shape index (κ2) is 6.78. The molecule has 2 unspecified atom stereocenters. The molecule has 1 aromatic carbocycles. The molecule has 0 bridgehead atoms. The summed E-state index contributed by atoms with van der Waals surface area (Å²) >= 11 is 7.59. The normalized spacial score (nSPS) is 17.3. The molecule has 0 saturated carbocycles. The standard InChI is InChI=1S/C16H17ClN2O3S/c1-9-5-6-23-15(9)12(7-20)18-16(21)19-13-8-22-14-10(13)3-2-4-11(14)17/h2-6,12-13,20H,7-8H2,1H3,(H2,18,19,21). The molecule has 1 aliphatic rings. The second-order valence-corrected chi connectivity index (χ2v) is 6.70. The van der Waals surface area contributed by atoms with Crippen LogP contribution in [0.1, 0.15) is 28.1 Å². The van der Waals surface area contributed by atoms with E-state index in [1.54, 1.807) is 6.07 Å². The molecule has 3 N–H and O–H groups in total. The number of nitrogens with one attached hydrogen (secondary N) is 2. The van der Waals surface area contributed by atoms with Crippen LogP contribution in [0.3, 0.4) is 0 Å². The summed E-state index contributed by atoms with van der Waals surface area (Å²) in [6.07, 6.45) is 0. The maximum Gasteiger partial charge on any atom is 0.315 e. The number of aliphatic hydroxyl groups is 1. The Bertz CT molecular complexity index is 719. The van der Waals surface area contributed by atoms with E-state index in [1.807, 2.05) is 30.5 Å². The number of urea groups is 1. The van der Waals surface area contributed by atoms with E-state index >= 15 is 0 Å². The number of amides is 2. The summed E-state index contributed by atoms with van der Waals surface area (Å²) in [5.74, 6) is 0.618. The fourth-order valence-corrected chi connectivity index (χ4v) is 3.83. The van der Waals surface area contributed by atoms with E-state index in [-0.39, 0.29) is 18.7 Å². The van der Waals surface area contributed by atoms with Gasteiger partial charge in [-0.05, 0) is 30.0 Å². The highest BCUT2D eigenvalue weighted by atomic mass is 35.5. The number of hydrogen-bond donors (Lipinski definition) is 3. The van der Waals surface area contributed by atoms with Crippen molar-refractivity contribution in [1.29, 1.82) is 0 Å². The van der Waals surface area contributed by atoms with Crippen molar-refractivity contribution in [3.8, 4) is 5.75 Å². The van der Waals surface area contributed by atoms with Gasteiger partial charge in [0.05, 0.1) is 23.7 Å². The Balaban J connectivity index is 1.67. The first-order chi connectivity index (χ1) is 11.1. The molecule has 0 fully saturated rings. The van der Waals surface area contributed by atoms with Crippen LogP contribution in [0.25, 0.3) is 0 Å². The van der Waals surface area contributed by atoms with Gasteiger partial charge in [-0.25, -0.2) is 4.79 Å². The highest BCUT2D eigenvalue weighted by Gasteiger charge is 2.28. The number of halogens is 1. The Morgan fingerprint density at radius 3 is 3.04 bits per heavy atom. The first kappa shape index (κ1) is 16.1. The number of para-hydroxylation sites is 1. The second-order valence-electron chi connectivity index (χ2n) is 5.34. The Kier molecular flexibility index (Phi) is 4.75. The van der Waals surface area contributed by atoms with Gasteiger partial charge in [0.2, 0.25) is 0 Å². The minimum atomic E-state index is -0.420. The number of aryl methyl sites for hydroxylation is 1. The zero-order valence-corrected chi connectivity index (χ0v) is 14.1. The molecule has 2 amide bonds. The molecule has 0 aliphatic carbocycles. The lowest BCUT2D eigenvalue weighted by Crippen LogP contribution is -2.41. The number of rotatable bonds is 4. The summed E-state index contributed by atoms with van der Waals surface area (Å²) in [7, 11) is 0. The van der Waals surface area contributed by atoms with Crippen molar-refractivity contribution < 1.29 is 14.6 Å². The molecule has 2 heterocycles. The quantitative estimate of drug-likeness (QED) is 0.791. The Labute approximate surface area is 143 Å². The summed E-state index contributed by atoms with van der Waals surface area (Å²) in [5, 5.41) is 17.7. The van der Waals surface area contributed by atoms with Gasteiger partial charge >= 0.3 is 6.03 Å². The minimum absolute atomic E-state index is 0.154. The first-order valence-corrected chi connectivity index (χ1v) is 8.49. The third-order valence-corrected chi connectivity index (χ3v) is 5.21. The topological polar surface area (TPSA) is 70.6 Å². The predicted octanol–water partition coefficient (Wildman–Crippen LogP) is 3.18. The van der Waals surface area contributed by atoms with Crippen molar-refractivity contribution >= 4 is 29.0 Å². The number of hydrogen-bond acceptors (Lipinski definition) is 4. The average Bonchev–Trinajstić information content (AvgIpc) is 3.13. The van der Waals surface area contributed by atoms with Crippen LogP contribution in [0.15, 0.2) is 29.6 Å². The number of aliphatic hydroxyl groups excluding tert-OH is 1. The van der Waals surface area contributed by atoms with Crippen molar-refractivity contribution in [3.05, 3.63) is 50.7 Å². The van der Waals surface area contributed by atoms with Crippen LogP contribution in [0.5, 0.6) is 5.75 Å². The first-order valence-electron chi connectivity index (χ1n) is 7.23. The molecule has 5 nitrogen and oxygen atoms in total. The molecule has 1 aliphatic heterocycles. The highest BCUT2D eigenvalue weighted by molar-refractivity contribution is 7.10. The van der Waals surface area contributed by atoms with E-state index in [1.165, 1.54) is 11.3 Å². The highest BCUT2D eigenvalue weighted by Crippen LogP contribution is 2.38. The molecule has 7 heteroatoms. The van der Waals surface area contributed by atoms with Gasteiger partial charge in [0, 0.05) is 10.4 Å². The smallest absolute Gasteiger partial charge is 0.315 e. The third kappa shape index (κ3) is 3.29. The minimum Gasteiger partial charge on any atom is -0.489 e. The Morgan fingerprint density at radius 1 is 1.52 bits per heavy atom. The molecule has 0 spiro atoms. The summed E-state index contributed by atoms with van der Waals surface area (Å²) in [6.45, 7) is 2.14. The molecule has 3 rings (SSSR count). The van der Waals surface area contributed by atoms with E-state index in [2.05, 4.69) is 10.6 Å². The van der Waals surface area contributed by atoms with E-state index in [0.717, 1.165) is 16.0 Å². The molecule has 0 radical (unpaired) electrons. The van der Waals surface area contributed by atoms with Crippen LogP contribution >= 0.6 is 22.9 Å². The number of ether oxygens (including phenoxy) is 1. The van der Waals surface area contributed by atoms with Crippen molar-refractivity contribution in [2.75, 3.05) is 13.2 Å². The number of thiophene rings is 1. The van der Waals surface area contributed by atoms with E-state index in [0.29, 0.717) is 17.4 Å².